The summed E-state index contributed by atoms with van der Waals surface area (Å²) in [4.78, 5) is 0. The first-order chi connectivity index (χ1) is 8.45. The van der Waals surface area contributed by atoms with Crippen LogP contribution in [0.15, 0.2) is 0 Å². The van der Waals surface area contributed by atoms with Crippen molar-refractivity contribution in [2.24, 2.45) is 0 Å². The van der Waals surface area contributed by atoms with Gasteiger partial charge < -0.3 is 5.11 Å². The molecule has 0 aromatic heterocycles. The lowest BCUT2D eigenvalue weighted by atomic mass is 10.2. The maximum absolute atomic E-state index is 12.4. The first-order valence-corrected chi connectivity index (χ1v) is 8.19. The highest BCUT2D eigenvalue weighted by atomic mass is 32.2. The Morgan fingerprint density at radius 1 is 1.11 bits per heavy atom. The van der Waals surface area contributed by atoms with E-state index in [4.69, 9.17) is 5.11 Å². The maximum Gasteiger partial charge on any atom is 0.282 e. The molecule has 0 saturated heterocycles. The van der Waals surface area contributed by atoms with E-state index >= 15 is 0 Å². The predicted octanol–water partition coefficient (Wildman–Crippen LogP) is 1.45. The average Bonchev–Trinajstić information content (AvgIpc) is 2.36. The molecule has 0 unspecified atom stereocenters. The Kier molecular flexibility index (Phi) is 8.77. The second-order valence-electron chi connectivity index (χ2n) is 4.49. The normalized spacial score (nSPS) is 12.9. The zero-order valence-electron chi connectivity index (χ0n) is 12.1. The van der Waals surface area contributed by atoms with Crippen LogP contribution in [-0.4, -0.2) is 54.9 Å². The molecule has 5 nitrogen and oxygen atoms in total. The van der Waals surface area contributed by atoms with Crippen molar-refractivity contribution < 1.29 is 13.5 Å². The van der Waals surface area contributed by atoms with Crippen molar-refractivity contribution in [3.8, 4) is 0 Å². The van der Waals surface area contributed by atoms with E-state index in [1.807, 2.05) is 20.8 Å². The third-order valence-corrected chi connectivity index (χ3v) is 5.23. The molecule has 0 aliphatic heterocycles. The lowest BCUT2D eigenvalue weighted by Gasteiger charge is -2.32. The highest BCUT2D eigenvalue weighted by Gasteiger charge is 2.30. The van der Waals surface area contributed by atoms with Crippen molar-refractivity contribution in [1.29, 1.82) is 0 Å². The Hall–Kier alpha value is -0.170. The summed E-state index contributed by atoms with van der Waals surface area (Å²) in [6.07, 6.45) is 3.34. The molecule has 0 spiro atoms. The zero-order chi connectivity index (χ0) is 14.2. The Labute approximate surface area is 112 Å². The maximum atomic E-state index is 12.4. The van der Waals surface area contributed by atoms with Crippen molar-refractivity contribution >= 4 is 10.2 Å². The Balaban J connectivity index is 4.95. The van der Waals surface area contributed by atoms with Crippen LogP contribution in [0, 0.1) is 0 Å². The number of hydrogen-bond donors (Lipinski definition) is 1. The third-order valence-electron chi connectivity index (χ3n) is 3.19. The Bertz CT molecular complexity index is 302. The summed E-state index contributed by atoms with van der Waals surface area (Å²) in [5, 5.41) is 9.07. The fourth-order valence-electron chi connectivity index (χ4n) is 1.96. The summed E-state index contributed by atoms with van der Waals surface area (Å²) >= 11 is 0. The minimum atomic E-state index is -3.45. The molecule has 0 heterocycles. The summed E-state index contributed by atoms with van der Waals surface area (Å²) in [5.41, 5.74) is 0. The fourth-order valence-corrected chi connectivity index (χ4v) is 3.66. The topological polar surface area (TPSA) is 60.9 Å². The van der Waals surface area contributed by atoms with E-state index in [-0.39, 0.29) is 19.2 Å². The summed E-state index contributed by atoms with van der Waals surface area (Å²) in [5.74, 6) is 0. The molecule has 0 saturated carbocycles. The van der Waals surface area contributed by atoms with Crippen LogP contribution in [0.25, 0.3) is 0 Å². The van der Waals surface area contributed by atoms with Gasteiger partial charge >= 0.3 is 0 Å². The number of rotatable bonds is 10. The van der Waals surface area contributed by atoms with Crippen molar-refractivity contribution in [3.05, 3.63) is 0 Å². The molecule has 0 amide bonds. The fraction of sp³-hybridized carbons (Fsp3) is 1.00. The number of nitrogens with zero attached hydrogens (tertiary/aromatic N) is 2. The number of hydrogen-bond acceptors (Lipinski definition) is 3. The van der Waals surface area contributed by atoms with Crippen LogP contribution in [-0.2, 0) is 10.2 Å². The number of aliphatic hydroxyl groups is 1. The highest BCUT2D eigenvalue weighted by Crippen LogP contribution is 2.16. The molecule has 0 aliphatic rings. The van der Waals surface area contributed by atoms with Gasteiger partial charge in [0.05, 0.1) is 6.61 Å². The summed E-state index contributed by atoms with van der Waals surface area (Å²) < 4.78 is 27.7. The van der Waals surface area contributed by atoms with Gasteiger partial charge in [0.1, 0.15) is 0 Å². The predicted molar refractivity (Wildman–Crippen MR) is 74.6 cm³/mol. The van der Waals surface area contributed by atoms with Crippen LogP contribution in [0.5, 0.6) is 0 Å². The van der Waals surface area contributed by atoms with Crippen LogP contribution < -0.4 is 0 Å². The standard InChI is InChI=1S/C12H28N2O3S/c1-5-8-9-13(4)18(16,17)14(10-11-15)12(6-2)7-3/h12,15H,5-11H2,1-4H3. The third kappa shape index (κ3) is 4.84. The Morgan fingerprint density at radius 2 is 1.67 bits per heavy atom. The van der Waals surface area contributed by atoms with Crippen molar-refractivity contribution in [3.63, 3.8) is 0 Å². The van der Waals surface area contributed by atoms with Crippen LogP contribution in [0.3, 0.4) is 0 Å². The summed E-state index contributed by atoms with van der Waals surface area (Å²) in [7, 11) is -1.84. The van der Waals surface area contributed by atoms with E-state index < -0.39 is 10.2 Å². The smallest absolute Gasteiger partial charge is 0.282 e. The Morgan fingerprint density at radius 3 is 2.06 bits per heavy atom. The second-order valence-corrected chi connectivity index (χ2v) is 6.48. The zero-order valence-corrected chi connectivity index (χ0v) is 12.9. The molecule has 18 heavy (non-hydrogen) atoms. The van der Waals surface area contributed by atoms with Gasteiger partial charge in [-0.2, -0.15) is 17.0 Å². The highest BCUT2D eigenvalue weighted by molar-refractivity contribution is 7.86. The molecule has 0 bridgehead atoms. The van der Waals surface area contributed by atoms with E-state index in [1.54, 1.807) is 7.05 Å². The van der Waals surface area contributed by atoms with Crippen LogP contribution in [0.4, 0.5) is 0 Å². The van der Waals surface area contributed by atoms with Crippen molar-refractivity contribution in [2.75, 3.05) is 26.7 Å². The van der Waals surface area contributed by atoms with Crippen LogP contribution >= 0.6 is 0 Å². The molecular weight excluding hydrogens is 252 g/mol. The lowest BCUT2D eigenvalue weighted by molar-refractivity contribution is 0.210. The first kappa shape index (κ1) is 17.8. The number of unbranched alkanes of at least 4 members (excludes halogenated alkanes) is 1. The SMILES string of the molecule is CCCCN(C)S(=O)(=O)N(CCO)C(CC)CC. The molecule has 0 aliphatic carbocycles. The molecule has 0 radical (unpaired) electrons. The molecule has 1 N–H and O–H groups in total. The van der Waals surface area contributed by atoms with Crippen LogP contribution in [0.1, 0.15) is 46.5 Å². The van der Waals surface area contributed by atoms with Crippen LogP contribution in [0.2, 0.25) is 0 Å². The van der Waals surface area contributed by atoms with E-state index in [1.165, 1.54) is 8.61 Å². The molecule has 0 aromatic rings. The van der Waals surface area contributed by atoms with E-state index in [0.29, 0.717) is 6.54 Å². The molecule has 0 atom stereocenters. The average molecular weight is 280 g/mol. The molecule has 6 heteroatoms. The van der Waals surface area contributed by atoms with Crippen molar-refractivity contribution in [2.45, 2.75) is 52.5 Å². The van der Waals surface area contributed by atoms with Gasteiger partial charge in [-0.25, -0.2) is 0 Å². The molecule has 0 fully saturated rings. The summed E-state index contributed by atoms with van der Waals surface area (Å²) in [6, 6.07) is -0.0359. The second kappa shape index (κ2) is 8.85. The first-order valence-electron chi connectivity index (χ1n) is 6.79. The van der Waals surface area contributed by atoms with Gasteiger partial charge in [-0.05, 0) is 19.3 Å². The van der Waals surface area contributed by atoms with Gasteiger partial charge in [-0.1, -0.05) is 27.2 Å². The van der Waals surface area contributed by atoms with Gasteiger partial charge in [0.15, 0.2) is 0 Å². The monoisotopic (exact) mass is 280 g/mol. The molecular formula is C12H28N2O3S. The molecule has 0 rings (SSSR count). The minimum absolute atomic E-state index is 0.0359. The largest absolute Gasteiger partial charge is 0.395 e. The van der Waals surface area contributed by atoms with Gasteiger partial charge in [0.2, 0.25) is 0 Å². The van der Waals surface area contributed by atoms with Gasteiger partial charge in [-0.15, -0.1) is 0 Å². The van der Waals surface area contributed by atoms with Gasteiger partial charge in [-0.3, -0.25) is 0 Å². The lowest BCUT2D eigenvalue weighted by Crippen LogP contribution is -2.48. The van der Waals surface area contributed by atoms with E-state index in [9.17, 15) is 8.42 Å². The van der Waals surface area contributed by atoms with Gasteiger partial charge in [0, 0.05) is 26.2 Å². The van der Waals surface area contributed by atoms with Gasteiger partial charge in [0.25, 0.3) is 10.2 Å². The molecule has 110 valence electrons. The van der Waals surface area contributed by atoms with Crippen molar-refractivity contribution in [1.82, 2.24) is 8.61 Å². The van der Waals surface area contributed by atoms with E-state index in [0.717, 1.165) is 25.7 Å². The molecule has 0 aromatic carbocycles. The summed E-state index contributed by atoms with van der Waals surface area (Å²) in [6.45, 7) is 6.54. The number of aliphatic hydroxyl groups excluding tert-OH is 1. The van der Waals surface area contributed by atoms with E-state index in [2.05, 4.69) is 0 Å². The quantitative estimate of drug-likeness (QED) is 0.659. The minimum Gasteiger partial charge on any atom is -0.395 e.